The number of hydrogen-bond acceptors (Lipinski definition) is 0. The van der Waals surface area contributed by atoms with Gasteiger partial charge in [-0.15, -0.1) is 0 Å². The highest BCUT2D eigenvalue weighted by atomic mass is 19.3. The molecular formula is C14H20F2. The van der Waals surface area contributed by atoms with Crippen molar-refractivity contribution in [1.82, 2.24) is 0 Å². The van der Waals surface area contributed by atoms with E-state index < -0.39 is 11.8 Å². The molecule has 0 unspecified atom stereocenters. The van der Waals surface area contributed by atoms with Crippen molar-refractivity contribution in [2.45, 2.75) is 47.5 Å². The molecule has 90 valence electrons. The first kappa shape index (κ1) is 13.1. The van der Waals surface area contributed by atoms with E-state index in [9.17, 15) is 8.78 Å². The molecule has 0 fully saturated rings. The topological polar surface area (TPSA) is 0 Å². The van der Waals surface area contributed by atoms with E-state index in [1.807, 2.05) is 19.9 Å². The van der Waals surface area contributed by atoms with E-state index in [1.54, 1.807) is 27.7 Å². The van der Waals surface area contributed by atoms with Gasteiger partial charge in [-0.25, -0.2) is 8.78 Å². The van der Waals surface area contributed by atoms with Crippen LogP contribution in [0.5, 0.6) is 0 Å². The zero-order chi connectivity index (χ0) is 12.7. The Bertz CT molecular complexity index is 377. The zero-order valence-electron chi connectivity index (χ0n) is 10.9. The van der Waals surface area contributed by atoms with Gasteiger partial charge in [0.1, 0.15) is 0 Å². The average molecular weight is 226 g/mol. The number of benzene rings is 1. The predicted molar refractivity (Wildman–Crippen MR) is 64.1 cm³/mol. The normalized spacial score (nSPS) is 12.3. The van der Waals surface area contributed by atoms with Crippen LogP contribution in [-0.4, -0.2) is 0 Å². The van der Waals surface area contributed by atoms with Crippen molar-refractivity contribution < 1.29 is 8.78 Å². The van der Waals surface area contributed by atoms with Gasteiger partial charge >= 0.3 is 0 Å². The van der Waals surface area contributed by atoms with Crippen LogP contribution in [0.2, 0.25) is 0 Å². The van der Waals surface area contributed by atoms with Gasteiger partial charge in [0, 0.05) is 11.5 Å². The van der Waals surface area contributed by atoms with Gasteiger partial charge in [0.2, 0.25) is 0 Å². The van der Waals surface area contributed by atoms with Crippen LogP contribution in [0.1, 0.15) is 41.7 Å². The average Bonchev–Trinajstić information content (AvgIpc) is 2.14. The minimum absolute atomic E-state index is 0.222. The molecule has 0 saturated heterocycles. The first-order valence-corrected chi connectivity index (χ1v) is 5.65. The molecule has 0 saturated carbocycles. The Kier molecular flexibility index (Phi) is 3.41. The Hall–Kier alpha value is -0.920. The van der Waals surface area contributed by atoms with Gasteiger partial charge in [-0.2, -0.15) is 0 Å². The molecule has 0 aliphatic carbocycles. The second-order valence-corrected chi connectivity index (χ2v) is 4.91. The lowest BCUT2D eigenvalue weighted by Crippen LogP contribution is -2.24. The molecule has 1 rings (SSSR count). The van der Waals surface area contributed by atoms with Gasteiger partial charge in [0.25, 0.3) is 5.92 Å². The van der Waals surface area contributed by atoms with Crippen LogP contribution in [0.3, 0.4) is 0 Å². The standard InChI is InChI=1S/C14H20F2/c1-8(2)14(15,16)13-11(5)9(3)7-10(4)12(13)6/h7-8H,1-6H3. The minimum Gasteiger partial charge on any atom is -0.201 e. The molecule has 0 nitrogen and oxygen atoms in total. The highest BCUT2D eigenvalue weighted by molar-refractivity contribution is 5.46. The fraction of sp³-hybridized carbons (Fsp3) is 0.571. The van der Waals surface area contributed by atoms with E-state index in [-0.39, 0.29) is 5.56 Å². The fourth-order valence-corrected chi connectivity index (χ4v) is 2.01. The number of alkyl halides is 2. The van der Waals surface area contributed by atoms with Gasteiger partial charge < -0.3 is 0 Å². The molecule has 2 heteroatoms. The highest BCUT2D eigenvalue weighted by Gasteiger charge is 2.38. The lowest BCUT2D eigenvalue weighted by molar-refractivity contribution is -0.0525. The Morgan fingerprint density at radius 3 is 1.62 bits per heavy atom. The van der Waals surface area contributed by atoms with E-state index in [0.717, 1.165) is 22.3 Å². The summed E-state index contributed by atoms with van der Waals surface area (Å²) in [5.74, 6) is -3.42. The Balaban J connectivity index is 3.55. The Labute approximate surface area is 96.7 Å². The summed E-state index contributed by atoms with van der Waals surface area (Å²) in [7, 11) is 0. The van der Waals surface area contributed by atoms with E-state index in [0.29, 0.717) is 0 Å². The Morgan fingerprint density at radius 1 is 0.938 bits per heavy atom. The van der Waals surface area contributed by atoms with Crippen LogP contribution in [0.4, 0.5) is 8.78 Å². The van der Waals surface area contributed by atoms with Crippen LogP contribution < -0.4 is 0 Å². The molecule has 1 aromatic carbocycles. The summed E-state index contributed by atoms with van der Waals surface area (Å²) in [5, 5.41) is 0. The molecule has 1 aromatic rings. The SMILES string of the molecule is Cc1cc(C)c(C)c(C(F)(F)C(C)C)c1C. The van der Waals surface area contributed by atoms with Crippen molar-refractivity contribution in [3.8, 4) is 0 Å². The van der Waals surface area contributed by atoms with Gasteiger partial charge in [-0.05, 0) is 49.9 Å². The molecular weight excluding hydrogens is 206 g/mol. The maximum absolute atomic E-state index is 14.2. The van der Waals surface area contributed by atoms with Crippen LogP contribution in [0, 0.1) is 33.6 Å². The predicted octanol–water partition coefficient (Wildman–Crippen LogP) is 4.67. The van der Waals surface area contributed by atoms with Crippen molar-refractivity contribution in [3.63, 3.8) is 0 Å². The fourth-order valence-electron chi connectivity index (χ4n) is 2.01. The molecule has 0 radical (unpaired) electrons. The molecule has 0 amide bonds. The summed E-state index contributed by atoms with van der Waals surface area (Å²) < 4.78 is 28.3. The van der Waals surface area contributed by atoms with Crippen LogP contribution in [0.15, 0.2) is 6.07 Å². The Morgan fingerprint density at radius 2 is 1.31 bits per heavy atom. The van der Waals surface area contributed by atoms with E-state index in [2.05, 4.69) is 0 Å². The number of rotatable bonds is 2. The molecule has 0 spiro atoms. The molecule has 0 atom stereocenters. The highest BCUT2D eigenvalue weighted by Crippen LogP contribution is 2.40. The summed E-state index contributed by atoms with van der Waals surface area (Å²) in [6.07, 6.45) is 0. The van der Waals surface area contributed by atoms with Crippen molar-refractivity contribution in [2.24, 2.45) is 5.92 Å². The van der Waals surface area contributed by atoms with Crippen LogP contribution in [0.25, 0.3) is 0 Å². The second-order valence-electron chi connectivity index (χ2n) is 4.91. The van der Waals surface area contributed by atoms with Crippen LogP contribution >= 0.6 is 0 Å². The molecule has 0 aliphatic heterocycles. The molecule has 0 N–H and O–H groups in total. The monoisotopic (exact) mass is 226 g/mol. The lowest BCUT2D eigenvalue weighted by atomic mass is 9.86. The summed E-state index contributed by atoms with van der Waals surface area (Å²) in [5.41, 5.74) is 3.56. The summed E-state index contributed by atoms with van der Waals surface area (Å²) in [6, 6.07) is 1.98. The number of halogens is 2. The quantitative estimate of drug-likeness (QED) is 0.687. The van der Waals surface area contributed by atoms with E-state index in [1.165, 1.54) is 0 Å². The third-order valence-electron chi connectivity index (χ3n) is 3.42. The van der Waals surface area contributed by atoms with E-state index in [4.69, 9.17) is 0 Å². The minimum atomic E-state index is -2.75. The summed E-state index contributed by atoms with van der Waals surface area (Å²) in [6.45, 7) is 10.5. The van der Waals surface area contributed by atoms with Crippen molar-refractivity contribution in [2.75, 3.05) is 0 Å². The van der Waals surface area contributed by atoms with Crippen molar-refractivity contribution >= 4 is 0 Å². The van der Waals surface area contributed by atoms with Gasteiger partial charge in [0.05, 0.1) is 0 Å². The zero-order valence-corrected chi connectivity index (χ0v) is 10.9. The van der Waals surface area contributed by atoms with Crippen molar-refractivity contribution in [1.29, 1.82) is 0 Å². The third kappa shape index (κ3) is 1.98. The maximum Gasteiger partial charge on any atom is 0.276 e. The lowest BCUT2D eigenvalue weighted by Gasteiger charge is -2.26. The van der Waals surface area contributed by atoms with Gasteiger partial charge in [-0.3, -0.25) is 0 Å². The molecule has 0 aliphatic rings. The van der Waals surface area contributed by atoms with Gasteiger partial charge in [0.15, 0.2) is 0 Å². The molecule has 0 heterocycles. The summed E-state index contributed by atoms with van der Waals surface area (Å²) >= 11 is 0. The first-order valence-electron chi connectivity index (χ1n) is 5.65. The second kappa shape index (κ2) is 4.15. The van der Waals surface area contributed by atoms with E-state index >= 15 is 0 Å². The molecule has 0 bridgehead atoms. The van der Waals surface area contributed by atoms with Crippen LogP contribution in [-0.2, 0) is 5.92 Å². The van der Waals surface area contributed by atoms with Crippen molar-refractivity contribution in [3.05, 3.63) is 33.9 Å². The van der Waals surface area contributed by atoms with Gasteiger partial charge in [-0.1, -0.05) is 19.9 Å². The third-order valence-corrected chi connectivity index (χ3v) is 3.42. The largest absolute Gasteiger partial charge is 0.276 e. The molecule has 0 aromatic heterocycles. The molecule has 16 heavy (non-hydrogen) atoms. The maximum atomic E-state index is 14.2. The number of aryl methyl sites for hydroxylation is 2. The first-order chi connectivity index (χ1) is 7.19. The summed E-state index contributed by atoms with van der Waals surface area (Å²) in [4.78, 5) is 0. The number of hydrogen-bond donors (Lipinski definition) is 0. The smallest absolute Gasteiger partial charge is 0.201 e.